The molecule has 1 amide bonds. The lowest BCUT2D eigenvalue weighted by Gasteiger charge is -2.34. The third-order valence-corrected chi connectivity index (χ3v) is 4.31. The van der Waals surface area contributed by atoms with Crippen LogP contribution in [-0.4, -0.2) is 46.9 Å². The Morgan fingerprint density at radius 2 is 1.83 bits per heavy atom. The van der Waals surface area contributed by atoms with E-state index in [9.17, 15) is 4.79 Å². The Kier molecular flexibility index (Phi) is 4.88. The predicted molar refractivity (Wildman–Crippen MR) is 91.3 cm³/mol. The monoisotopic (exact) mass is 320 g/mol. The molecule has 3 rings (SSSR count). The van der Waals surface area contributed by atoms with Crippen LogP contribution < -0.4 is 0 Å². The van der Waals surface area contributed by atoms with Crippen LogP contribution in [0.25, 0.3) is 0 Å². The van der Waals surface area contributed by atoms with Gasteiger partial charge in [-0.25, -0.2) is 0 Å². The van der Waals surface area contributed by atoms with Gasteiger partial charge in [0.05, 0.1) is 17.2 Å². The van der Waals surface area contributed by atoms with Crippen LogP contribution in [0.2, 0.25) is 0 Å². The average Bonchev–Trinajstić information content (AvgIpc) is 2.63. The minimum Gasteiger partial charge on any atom is -0.336 e. The molecule has 1 aliphatic heterocycles. The van der Waals surface area contributed by atoms with Gasteiger partial charge < -0.3 is 4.90 Å². The molecule has 0 spiro atoms. The van der Waals surface area contributed by atoms with E-state index in [1.165, 1.54) is 5.56 Å². The summed E-state index contributed by atoms with van der Waals surface area (Å²) in [6.45, 7) is 5.91. The maximum Gasteiger partial charge on any atom is 0.255 e. The molecule has 1 saturated heterocycles. The van der Waals surface area contributed by atoms with Crippen molar-refractivity contribution in [3.63, 3.8) is 0 Å². The number of benzene rings is 1. The molecular weight excluding hydrogens is 300 g/mol. The quantitative estimate of drug-likeness (QED) is 0.870. The fraction of sp³-hybridized carbons (Fsp3) is 0.316. The van der Waals surface area contributed by atoms with E-state index in [-0.39, 0.29) is 5.91 Å². The molecule has 2 aromatic rings. The van der Waals surface area contributed by atoms with Crippen molar-refractivity contribution in [2.45, 2.75) is 13.5 Å². The van der Waals surface area contributed by atoms with Crippen molar-refractivity contribution >= 4 is 5.91 Å². The zero-order valence-electron chi connectivity index (χ0n) is 13.8. The molecule has 0 saturated carbocycles. The van der Waals surface area contributed by atoms with E-state index in [1.54, 1.807) is 6.20 Å². The first kappa shape index (κ1) is 16.2. The molecule has 0 N–H and O–H groups in total. The summed E-state index contributed by atoms with van der Waals surface area (Å²) in [4.78, 5) is 20.9. The SMILES string of the molecule is Cc1ccc(C(=O)N2CCN(Cc3ccc(C#N)cc3)CC2)cn1. The van der Waals surface area contributed by atoms with Gasteiger partial charge in [-0.1, -0.05) is 12.1 Å². The maximum atomic E-state index is 12.5. The molecule has 0 aliphatic carbocycles. The highest BCUT2D eigenvalue weighted by atomic mass is 16.2. The normalized spacial score (nSPS) is 15.1. The van der Waals surface area contributed by atoms with Gasteiger partial charge in [0, 0.05) is 44.6 Å². The first-order valence-corrected chi connectivity index (χ1v) is 8.09. The van der Waals surface area contributed by atoms with Gasteiger partial charge in [-0.2, -0.15) is 5.26 Å². The van der Waals surface area contributed by atoms with Gasteiger partial charge in [0.25, 0.3) is 5.91 Å². The van der Waals surface area contributed by atoms with Crippen LogP contribution >= 0.6 is 0 Å². The molecule has 2 heterocycles. The summed E-state index contributed by atoms with van der Waals surface area (Å²) >= 11 is 0. The topological polar surface area (TPSA) is 60.2 Å². The first-order chi connectivity index (χ1) is 11.7. The maximum absolute atomic E-state index is 12.5. The smallest absolute Gasteiger partial charge is 0.255 e. The summed E-state index contributed by atoms with van der Waals surface area (Å²) in [5.41, 5.74) is 3.44. The number of pyridine rings is 1. The lowest BCUT2D eigenvalue weighted by atomic mass is 10.1. The van der Waals surface area contributed by atoms with Gasteiger partial charge in [-0.05, 0) is 36.8 Å². The molecule has 0 bridgehead atoms. The predicted octanol–water partition coefficient (Wildman–Crippen LogP) is 2.22. The Labute approximate surface area is 142 Å². The largest absolute Gasteiger partial charge is 0.336 e. The number of carbonyl (C=O) groups excluding carboxylic acids is 1. The van der Waals surface area contributed by atoms with Crippen LogP contribution in [0.5, 0.6) is 0 Å². The zero-order valence-corrected chi connectivity index (χ0v) is 13.8. The van der Waals surface area contributed by atoms with E-state index < -0.39 is 0 Å². The number of hydrogen-bond donors (Lipinski definition) is 0. The van der Waals surface area contributed by atoms with Crippen molar-refractivity contribution in [2.24, 2.45) is 0 Å². The Morgan fingerprint density at radius 3 is 2.42 bits per heavy atom. The van der Waals surface area contributed by atoms with E-state index >= 15 is 0 Å². The first-order valence-electron chi connectivity index (χ1n) is 8.09. The Morgan fingerprint density at radius 1 is 1.12 bits per heavy atom. The van der Waals surface area contributed by atoms with Gasteiger partial charge in [-0.15, -0.1) is 0 Å². The number of rotatable bonds is 3. The molecule has 24 heavy (non-hydrogen) atoms. The number of carbonyl (C=O) groups is 1. The highest BCUT2D eigenvalue weighted by Gasteiger charge is 2.22. The Hall–Kier alpha value is -2.71. The lowest BCUT2D eigenvalue weighted by Crippen LogP contribution is -2.48. The molecule has 5 heteroatoms. The molecule has 0 atom stereocenters. The van der Waals surface area contributed by atoms with E-state index in [0.717, 1.165) is 38.4 Å². The number of hydrogen-bond acceptors (Lipinski definition) is 4. The van der Waals surface area contributed by atoms with E-state index in [4.69, 9.17) is 5.26 Å². The van der Waals surface area contributed by atoms with E-state index in [0.29, 0.717) is 11.1 Å². The summed E-state index contributed by atoms with van der Waals surface area (Å²) < 4.78 is 0. The summed E-state index contributed by atoms with van der Waals surface area (Å²) in [6, 6.07) is 13.5. The van der Waals surface area contributed by atoms with Gasteiger partial charge in [0.2, 0.25) is 0 Å². The second-order valence-corrected chi connectivity index (χ2v) is 6.07. The van der Waals surface area contributed by atoms with Crippen molar-refractivity contribution < 1.29 is 4.79 Å². The van der Waals surface area contributed by atoms with E-state index in [1.807, 2.05) is 48.2 Å². The van der Waals surface area contributed by atoms with Gasteiger partial charge in [0.1, 0.15) is 0 Å². The van der Waals surface area contributed by atoms with Crippen molar-refractivity contribution in [3.05, 3.63) is 65.0 Å². The highest BCUT2D eigenvalue weighted by molar-refractivity contribution is 5.94. The summed E-state index contributed by atoms with van der Waals surface area (Å²) in [5, 5.41) is 8.84. The standard InChI is InChI=1S/C19H20N4O/c1-15-2-7-18(13-21-15)19(24)23-10-8-22(9-11-23)14-17-5-3-16(12-20)4-6-17/h2-7,13H,8-11,14H2,1H3. The summed E-state index contributed by atoms with van der Waals surface area (Å²) in [7, 11) is 0. The molecule has 1 aromatic carbocycles. The number of aromatic nitrogens is 1. The van der Waals surface area contributed by atoms with E-state index in [2.05, 4.69) is 16.0 Å². The second-order valence-electron chi connectivity index (χ2n) is 6.07. The third kappa shape index (κ3) is 3.79. The molecule has 122 valence electrons. The average molecular weight is 320 g/mol. The fourth-order valence-electron chi connectivity index (χ4n) is 2.83. The van der Waals surface area contributed by atoms with Crippen LogP contribution in [0.4, 0.5) is 0 Å². The van der Waals surface area contributed by atoms with Crippen LogP contribution in [0.3, 0.4) is 0 Å². The molecule has 1 aromatic heterocycles. The van der Waals surface area contributed by atoms with Gasteiger partial charge in [0.15, 0.2) is 0 Å². The molecule has 1 aliphatic rings. The van der Waals surface area contributed by atoms with Crippen molar-refractivity contribution in [1.29, 1.82) is 5.26 Å². The van der Waals surface area contributed by atoms with Crippen LogP contribution in [0.15, 0.2) is 42.6 Å². The minimum atomic E-state index is 0.0560. The fourth-order valence-corrected chi connectivity index (χ4v) is 2.83. The minimum absolute atomic E-state index is 0.0560. The number of nitriles is 1. The number of aryl methyl sites for hydroxylation is 1. The molecular formula is C19H20N4O. The van der Waals surface area contributed by atoms with Crippen molar-refractivity contribution in [2.75, 3.05) is 26.2 Å². The number of piperazine rings is 1. The van der Waals surface area contributed by atoms with Crippen LogP contribution in [-0.2, 0) is 6.54 Å². The lowest BCUT2D eigenvalue weighted by molar-refractivity contribution is 0.0628. The second kappa shape index (κ2) is 7.24. The summed E-state index contributed by atoms with van der Waals surface area (Å²) in [5.74, 6) is 0.0560. The Balaban J connectivity index is 1.54. The molecule has 0 unspecified atom stereocenters. The van der Waals surface area contributed by atoms with Crippen molar-refractivity contribution in [3.8, 4) is 6.07 Å². The van der Waals surface area contributed by atoms with Crippen LogP contribution in [0.1, 0.15) is 27.2 Å². The third-order valence-electron chi connectivity index (χ3n) is 4.31. The molecule has 0 radical (unpaired) electrons. The van der Waals surface area contributed by atoms with Gasteiger partial charge in [-0.3, -0.25) is 14.7 Å². The number of amides is 1. The molecule has 5 nitrogen and oxygen atoms in total. The van der Waals surface area contributed by atoms with Crippen molar-refractivity contribution in [1.82, 2.24) is 14.8 Å². The zero-order chi connectivity index (χ0) is 16.9. The van der Waals surface area contributed by atoms with Gasteiger partial charge >= 0.3 is 0 Å². The number of nitrogens with zero attached hydrogens (tertiary/aromatic N) is 4. The van der Waals surface area contributed by atoms with Crippen LogP contribution in [0, 0.1) is 18.3 Å². The highest BCUT2D eigenvalue weighted by Crippen LogP contribution is 2.12. The summed E-state index contributed by atoms with van der Waals surface area (Å²) in [6.07, 6.45) is 1.65. The Bertz CT molecular complexity index is 738. The molecule has 1 fully saturated rings.